The zero-order valence-electron chi connectivity index (χ0n) is 9.52. The molecule has 1 aromatic carbocycles. The number of benzene rings is 1. The van der Waals surface area contributed by atoms with Gasteiger partial charge in [0.2, 0.25) is 0 Å². The topological polar surface area (TPSA) is 12.0 Å². The lowest BCUT2D eigenvalue weighted by Gasteiger charge is -2.25. The minimum atomic E-state index is -0.184. The molecule has 0 amide bonds. The Bertz CT molecular complexity index is 372. The van der Waals surface area contributed by atoms with Crippen molar-refractivity contribution in [3.05, 3.63) is 34.1 Å². The number of halogens is 2. The summed E-state index contributed by atoms with van der Waals surface area (Å²) in [7, 11) is 0. The molecule has 1 aliphatic carbocycles. The fraction of sp³-hybridized carbons (Fsp3) is 0.538. The standard InChI is InChI=1S/C13H17BrFN/c1-13(7-2-3-8-13)16-9-10-5-4-6-11(15)12(10)14/h4-6,16H,2-3,7-9H2,1H3. The quantitative estimate of drug-likeness (QED) is 0.885. The lowest BCUT2D eigenvalue weighted by Crippen LogP contribution is -2.38. The van der Waals surface area contributed by atoms with E-state index in [1.165, 1.54) is 31.7 Å². The minimum Gasteiger partial charge on any atom is -0.307 e. The van der Waals surface area contributed by atoms with Gasteiger partial charge in [-0.1, -0.05) is 25.0 Å². The molecule has 1 fully saturated rings. The number of hydrogen-bond donors (Lipinski definition) is 1. The van der Waals surface area contributed by atoms with Crippen molar-refractivity contribution in [2.75, 3.05) is 0 Å². The van der Waals surface area contributed by atoms with Crippen LogP contribution in [0.15, 0.2) is 22.7 Å². The van der Waals surface area contributed by atoms with Crippen molar-refractivity contribution in [1.82, 2.24) is 5.32 Å². The number of nitrogens with one attached hydrogen (secondary N) is 1. The van der Waals surface area contributed by atoms with Crippen molar-refractivity contribution < 1.29 is 4.39 Å². The fourth-order valence-corrected chi connectivity index (χ4v) is 2.73. The van der Waals surface area contributed by atoms with E-state index in [0.717, 1.165) is 12.1 Å². The molecule has 0 saturated heterocycles. The van der Waals surface area contributed by atoms with Crippen LogP contribution in [0, 0.1) is 5.82 Å². The third-order valence-corrected chi connectivity index (χ3v) is 4.33. The first-order valence-corrected chi connectivity index (χ1v) is 6.58. The second kappa shape index (κ2) is 4.84. The highest BCUT2D eigenvalue weighted by atomic mass is 79.9. The van der Waals surface area contributed by atoms with Crippen LogP contribution in [0.2, 0.25) is 0 Å². The summed E-state index contributed by atoms with van der Waals surface area (Å²) in [5.41, 5.74) is 1.24. The molecule has 0 aromatic heterocycles. The molecule has 88 valence electrons. The molecule has 0 atom stereocenters. The lowest BCUT2D eigenvalue weighted by molar-refractivity contribution is 0.362. The second-order valence-corrected chi connectivity index (χ2v) is 5.63. The van der Waals surface area contributed by atoms with Crippen molar-refractivity contribution in [3.8, 4) is 0 Å². The number of hydrogen-bond acceptors (Lipinski definition) is 1. The normalized spacial score (nSPS) is 18.9. The molecule has 0 unspecified atom stereocenters. The first kappa shape index (κ1) is 12.1. The Morgan fingerprint density at radius 2 is 2.06 bits per heavy atom. The van der Waals surface area contributed by atoms with Gasteiger partial charge in [-0.15, -0.1) is 0 Å². The third-order valence-electron chi connectivity index (χ3n) is 3.44. The van der Waals surface area contributed by atoms with E-state index in [1.807, 2.05) is 6.07 Å². The molecular formula is C13H17BrFN. The maximum Gasteiger partial charge on any atom is 0.137 e. The van der Waals surface area contributed by atoms with Crippen LogP contribution in [0.25, 0.3) is 0 Å². The highest BCUT2D eigenvalue weighted by molar-refractivity contribution is 9.10. The molecule has 1 aliphatic rings. The van der Waals surface area contributed by atoms with Crippen LogP contribution < -0.4 is 5.32 Å². The van der Waals surface area contributed by atoms with E-state index in [0.29, 0.717) is 4.47 Å². The lowest BCUT2D eigenvalue weighted by atomic mass is 10.0. The van der Waals surface area contributed by atoms with E-state index in [9.17, 15) is 4.39 Å². The summed E-state index contributed by atoms with van der Waals surface area (Å²) in [5, 5.41) is 3.55. The van der Waals surface area contributed by atoms with E-state index >= 15 is 0 Å². The van der Waals surface area contributed by atoms with Gasteiger partial charge in [0.25, 0.3) is 0 Å². The molecule has 0 spiro atoms. The molecule has 0 bridgehead atoms. The molecule has 0 radical (unpaired) electrons. The zero-order valence-corrected chi connectivity index (χ0v) is 11.1. The predicted octanol–water partition coefficient (Wildman–Crippen LogP) is 4.01. The van der Waals surface area contributed by atoms with Gasteiger partial charge in [0.1, 0.15) is 5.82 Å². The molecule has 0 aliphatic heterocycles. The Morgan fingerprint density at radius 1 is 1.38 bits per heavy atom. The van der Waals surface area contributed by atoms with Gasteiger partial charge in [-0.3, -0.25) is 0 Å². The summed E-state index contributed by atoms with van der Waals surface area (Å²) in [6.07, 6.45) is 5.04. The Balaban J connectivity index is 2.02. The van der Waals surface area contributed by atoms with E-state index in [1.54, 1.807) is 6.07 Å². The van der Waals surface area contributed by atoms with E-state index in [-0.39, 0.29) is 11.4 Å². The summed E-state index contributed by atoms with van der Waals surface area (Å²) in [6.45, 7) is 2.99. The van der Waals surface area contributed by atoms with Crippen molar-refractivity contribution in [1.29, 1.82) is 0 Å². The molecule has 1 nitrogen and oxygen atoms in total. The van der Waals surface area contributed by atoms with E-state index < -0.39 is 0 Å². The Hall–Kier alpha value is -0.410. The summed E-state index contributed by atoms with van der Waals surface area (Å²) >= 11 is 3.29. The highest BCUT2D eigenvalue weighted by Crippen LogP contribution is 2.30. The molecule has 1 saturated carbocycles. The summed E-state index contributed by atoms with van der Waals surface area (Å²) in [4.78, 5) is 0. The molecule has 2 rings (SSSR count). The summed E-state index contributed by atoms with van der Waals surface area (Å²) < 4.78 is 13.9. The largest absolute Gasteiger partial charge is 0.307 e. The number of rotatable bonds is 3. The van der Waals surface area contributed by atoms with Gasteiger partial charge >= 0.3 is 0 Å². The maximum atomic E-state index is 13.3. The van der Waals surface area contributed by atoms with Crippen LogP contribution in [0.3, 0.4) is 0 Å². The maximum absolute atomic E-state index is 13.3. The average molecular weight is 286 g/mol. The first-order valence-electron chi connectivity index (χ1n) is 5.79. The highest BCUT2D eigenvalue weighted by Gasteiger charge is 2.27. The smallest absolute Gasteiger partial charge is 0.137 e. The van der Waals surface area contributed by atoms with Gasteiger partial charge in [0.05, 0.1) is 4.47 Å². The molecule has 16 heavy (non-hydrogen) atoms. The summed E-state index contributed by atoms with van der Waals surface area (Å²) in [6, 6.07) is 5.19. The van der Waals surface area contributed by atoms with Crippen LogP contribution in [-0.4, -0.2) is 5.54 Å². The predicted molar refractivity (Wildman–Crippen MR) is 67.8 cm³/mol. The van der Waals surface area contributed by atoms with Crippen LogP contribution in [0.5, 0.6) is 0 Å². The van der Waals surface area contributed by atoms with E-state index in [4.69, 9.17) is 0 Å². The minimum absolute atomic E-state index is 0.184. The van der Waals surface area contributed by atoms with Gasteiger partial charge in [-0.05, 0) is 47.3 Å². The Kier molecular flexibility index (Phi) is 3.65. The van der Waals surface area contributed by atoms with Gasteiger partial charge in [0, 0.05) is 12.1 Å². The molecule has 3 heteroatoms. The van der Waals surface area contributed by atoms with Crippen molar-refractivity contribution in [2.45, 2.75) is 44.7 Å². The van der Waals surface area contributed by atoms with Gasteiger partial charge in [-0.25, -0.2) is 4.39 Å². The second-order valence-electron chi connectivity index (χ2n) is 4.83. The van der Waals surface area contributed by atoms with Crippen LogP contribution >= 0.6 is 15.9 Å². The van der Waals surface area contributed by atoms with Gasteiger partial charge < -0.3 is 5.32 Å². The average Bonchev–Trinajstić information content (AvgIpc) is 2.68. The SMILES string of the molecule is CC1(NCc2cccc(F)c2Br)CCCC1. The van der Waals surface area contributed by atoms with Crippen LogP contribution in [0.1, 0.15) is 38.2 Å². The van der Waals surface area contributed by atoms with E-state index in [2.05, 4.69) is 28.2 Å². The molecule has 0 heterocycles. The Morgan fingerprint density at radius 3 is 2.75 bits per heavy atom. The summed E-state index contributed by atoms with van der Waals surface area (Å²) in [5.74, 6) is -0.184. The van der Waals surface area contributed by atoms with Gasteiger partial charge in [0.15, 0.2) is 0 Å². The third kappa shape index (κ3) is 2.64. The first-order chi connectivity index (χ1) is 7.61. The van der Waals surface area contributed by atoms with Crippen molar-refractivity contribution in [3.63, 3.8) is 0 Å². The fourth-order valence-electron chi connectivity index (χ4n) is 2.33. The van der Waals surface area contributed by atoms with Gasteiger partial charge in [-0.2, -0.15) is 0 Å². The molecule has 1 aromatic rings. The molecular weight excluding hydrogens is 269 g/mol. The zero-order chi connectivity index (χ0) is 11.6. The monoisotopic (exact) mass is 285 g/mol. The Labute approximate surface area is 105 Å². The molecule has 1 N–H and O–H groups in total. The van der Waals surface area contributed by atoms with Crippen molar-refractivity contribution in [2.24, 2.45) is 0 Å². The van der Waals surface area contributed by atoms with Crippen LogP contribution in [-0.2, 0) is 6.54 Å². The van der Waals surface area contributed by atoms with Crippen LogP contribution in [0.4, 0.5) is 4.39 Å². The van der Waals surface area contributed by atoms with Crippen molar-refractivity contribution >= 4 is 15.9 Å².